The molecule has 0 aromatic carbocycles. The van der Waals surface area contributed by atoms with Crippen LogP contribution < -0.4 is 0 Å². The van der Waals surface area contributed by atoms with E-state index in [4.69, 9.17) is 5.11 Å². The molecular weight excluding hydrogens is 222 g/mol. The van der Waals surface area contributed by atoms with E-state index < -0.39 is 11.9 Å². The first-order valence-electron chi connectivity index (χ1n) is 4.84. The van der Waals surface area contributed by atoms with E-state index in [9.17, 15) is 9.59 Å². The maximum Gasteiger partial charge on any atom is 0.317 e. The zero-order valence-corrected chi connectivity index (χ0v) is 9.27. The van der Waals surface area contributed by atoms with Crippen molar-refractivity contribution in [3.8, 4) is 11.8 Å². The predicted octanol–water partition coefficient (Wildman–Crippen LogP) is 0.623. The van der Waals surface area contributed by atoms with E-state index in [0.29, 0.717) is 11.3 Å². The molecule has 17 heavy (non-hydrogen) atoms. The van der Waals surface area contributed by atoms with E-state index in [0.717, 1.165) is 0 Å². The highest BCUT2D eigenvalue weighted by Gasteiger charge is 2.00. The lowest BCUT2D eigenvalue weighted by Gasteiger charge is -1.95. The van der Waals surface area contributed by atoms with Crippen LogP contribution in [-0.2, 0) is 20.7 Å². The third-order valence-corrected chi connectivity index (χ3v) is 1.85. The van der Waals surface area contributed by atoms with Gasteiger partial charge in [-0.25, -0.2) is 0 Å². The van der Waals surface area contributed by atoms with E-state index in [1.165, 1.54) is 13.3 Å². The van der Waals surface area contributed by atoms with E-state index in [2.05, 4.69) is 21.6 Å². The summed E-state index contributed by atoms with van der Waals surface area (Å²) in [5.41, 5.74) is 1.10. The van der Waals surface area contributed by atoms with Crippen LogP contribution in [0.3, 0.4) is 0 Å². The Hall–Kier alpha value is -2.35. The number of ether oxygens (including phenoxy) is 1. The molecule has 1 heterocycles. The number of aliphatic carboxylic acids is 1. The van der Waals surface area contributed by atoms with Crippen molar-refractivity contribution in [1.29, 1.82) is 0 Å². The molecule has 0 fully saturated rings. The van der Waals surface area contributed by atoms with Gasteiger partial charge >= 0.3 is 11.9 Å². The van der Waals surface area contributed by atoms with Crippen molar-refractivity contribution < 1.29 is 19.4 Å². The molecule has 5 heteroatoms. The monoisotopic (exact) mass is 233 g/mol. The van der Waals surface area contributed by atoms with Crippen LogP contribution in [0.2, 0.25) is 0 Å². The SMILES string of the molecule is COC(=O)CC#Cc1ccc(CC(=O)O)nc1. The van der Waals surface area contributed by atoms with Gasteiger partial charge in [0.1, 0.15) is 6.42 Å². The minimum absolute atomic E-state index is 0.0212. The van der Waals surface area contributed by atoms with Gasteiger partial charge in [0.05, 0.1) is 19.2 Å². The maximum atomic E-state index is 10.8. The molecule has 1 N–H and O–H groups in total. The minimum Gasteiger partial charge on any atom is -0.481 e. The molecule has 1 aromatic heterocycles. The molecule has 0 amide bonds. The molecule has 0 unspecified atom stereocenters. The average Bonchev–Trinajstić information content (AvgIpc) is 2.30. The van der Waals surface area contributed by atoms with Gasteiger partial charge in [0.2, 0.25) is 0 Å². The van der Waals surface area contributed by atoms with Crippen LogP contribution in [0, 0.1) is 11.8 Å². The number of esters is 1. The standard InChI is InChI=1S/C12H11NO4/c1-17-12(16)4-2-3-9-5-6-10(13-8-9)7-11(14)15/h5-6,8H,4,7H2,1H3,(H,14,15). The zero-order valence-electron chi connectivity index (χ0n) is 9.27. The summed E-state index contributed by atoms with van der Waals surface area (Å²) < 4.78 is 4.43. The smallest absolute Gasteiger partial charge is 0.317 e. The van der Waals surface area contributed by atoms with Crippen molar-refractivity contribution in [2.24, 2.45) is 0 Å². The lowest BCUT2D eigenvalue weighted by atomic mass is 10.2. The number of carboxylic acid groups (broad SMARTS) is 1. The van der Waals surface area contributed by atoms with Crippen molar-refractivity contribution in [1.82, 2.24) is 4.98 Å². The molecule has 1 rings (SSSR count). The number of hydrogen-bond donors (Lipinski definition) is 1. The molecule has 1 aromatic rings. The number of aromatic nitrogens is 1. The summed E-state index contributed by atoms with van der Waals surface area (Å²) in [6, 6.07) is 3.26. The number of carbonyl (C=O) groups is 2. The highest BCUT2D eigenvalue weighted by Crippen LogP contribution is 2.00. The molecule has 0 radical (unpaired) electrons. The Bertz CT molecular complexity index is 468. The van der Waals surface area contributed by atoms with Gasteiger partial charge in [-0.05, 0) is 12.1 Å². The second-order valence-corrected chi connectivity index (χ2v) is 3.16. The Kier molecular flexibility index (Phi) is 4.70. The maximum absolute atomic E-state index is 10.8. The minimum atomic E-state index is -0.929. The molecule has 0 saturated heterocycles. The van der Waals surface area contributed by atoms with Crippen LogP contribution >= 0.6 is 0 Å². The Morgan fingerprint density at radius 2 is 2.24 bits per heavy atom. The van der Waals surface area contributed by atoms with E-state index >= 15 is 0 Å². The molecule has 0 saturated carbocycles. The number of nitrogens with zero attached hydrogens (tertiary/aromatic N) is 1. The van der Waals surface area contributed by atoms with Gasteiger partial charge in [0.15, 0.2) is 0 Å². The van der Waals surface area contributed by atoms with Gasteiger partial charge < -0.3 is 9.84 Å². The van der Waals surface area contributed by atoms with Gasteiger partial charge in [-0.2, -0.15) is 0 Å². The average molecular weight is 233 g/mol. The van der Waals surface area contributed by atoms with Crippen molar-refractivity contribution >= 4 is 11.9 Å². The van der Waals surface area contributed by atoms with Crippen LogP contribution in [0.1, 0.15) is 17.7 Å². The lowest BCUT2D eigenvalue weighted by Crippen LogP contribution is -2.01. The highest BCUT2D eigenvalue weighted by atomic mass is 16.5. The van der Waals surface area contributed by atoms with Gasteiger partial charge in [-0.1, -0.05) is 11.8 Å². The topological polar surface area (TPSA) is 76.5 Å². The largest absolute Gasteiger partial charge is 0.481 e. The Balaban J connectivity index is 2.62. The number of carbonyl (C=O) groups excluding carboxylic acids is 1. The van der Waals surface area contributed by atoms with Crippen LogP contribution in [-0.4, -0.2) is 29.1 Å². The first-order valence-corrected chi connectivity index (χ1v) is 4.84. The van der Waals surface area contributed by atoms with Crippen molar-refractivity contribution in [2.45, 2.75) is 12.8 Å². The van der Waals surface area contributed by atoms with Crippen LogP contribution in [0.25, 0.3) is 0 Å². The van der Waals surface area contributed by atoms with E-state index in [1.807, 2.05) is 0 Å². The quantitative estimate of drug-likeness (QED) is 0.612. The molecule has 0 aliphatic heterocycles. The van der Waals surface area contributed by atoms with Gasteiger partial charge in [0, 0.05) is 11.8 Å². The summed E-state index contributed by atoms with van der Waals surface area (Å²) in [6.07, 6.45) is 1.38. The Morgan fingerprint density at radius 3 is 2.76 bits per heavy atom. The first-order chi connectivity index (χ1) is 8.11. The molecule has 0 aliphatic carbocycles. The summed E-state index contributed by atoms with van der Waals surface area (Å²) >= 11 is 0. The zero-order chi connectivity index (χ0) is 12.7. The van der Waals surface area contributed by atoms with Crippen molar-refractivity contribution in [2.75, 3.05) is 7.11 Å². The third-order valence-electron chi connectivity index (χ3n) is 1.85. The molecule has 0 bridgehead atoms. The highest BCUT2D eigenvalue weighted by molar-refractivity contribution is 5.72. The van der Waals surface area contributed by atoms with E-state index in [-0.39, 0.29) is 12.8 Å². The van der Waals surface area contributed by atoms with Crippen LogP contribution in [0.5, 0.6) is 0 Å². The van der Waals surface area contributed by atoms with Crippen molar-refractivity contribution in [3.63, 3.8) is 0 Å². The van der Waals surface area contributed by atoms with Crippen LogP contribution in [0.15, 0.2) is 18.3 Å². The first kappa shape index (κ1) is 12.7. The molecule has 0 spiro atoms. The Labute approximate surface area is 98.4 Å². The number of hydrogen-bond acceptors (Lipinski definition) is 4. The van der Waals surface area contributed by atoms with Gasteiger partial charge in [-0.3, -0.25) is 14.6 Å². The fourth-order valence-electron chi connectivity index (χ4n) is 1.05. The molecular formula is C12H11NO4. The third kappa shape index (κ3) is 4.80. The fourth-order valence-corrected chi connectivity index (χ4v) is 1.05. The fraction of sp³-hybridized carbons (Fsp3) is 0.250. The molecule has 5 nitrogen and oxygen atoms in total. The second-order valence-electron chi connectivity index (χ2n) is 3.16. The number of pyridine rings is 1. The summed E-state index contributed by atoms with van der Waals surface area (Å²) in [4.78, 5) is 25.1. The summed E-state index contributed by atoms with van der Waals surface area (Å²) in [5.74, 6) is 4.04. The van der Waals surface area contributed by atoms with Crippen LogP contribution in [0.4, 0.5) is 0 Å². The number of rotatable bonds is 3. The predicted molar refractivity (Wildman–Crippen MR) is 59.1 cm³/mol. The summed E-state index contributed by atoms with van der Waals surface area (Å²) in [7, 11) is 1.30. The normalized spacial score (nSPS) is 9.00. The molecule has 88 valence electrons. The Morgan fingerprint density at radius 1 is 1.47 bits per heavy atom. The lowest BCUT2D eigenvalue weighted by molar-refractivity contribution is -0.139. The van der Waals surface area contributed by atoms with E-state index in [1.54, 1.807) is 12.1 Å². The summed E-state index contributed by atoms with van der Waals surface area (Å²) in [6.45, 7) is 0. The van der Waals surface area contributed by atoms with Gasteiger partial charge in [-0.15, -0.1) is 0 Å². The molecule has 0 atom stereocenters. The summed E-state index contributed by atoms with van der Waals surface area (Å²) in [5, 5.41) is 8.55. The van der Waals surface area contributed by atoms with Gasteiger partial charge in [0.25, 0.3) is 0 Å². The second kappa shape index (κ2) is 6.28. The molecule has 0 aliphatic rings. The number of methoxy groups -OCH3 is 1. The van der Waals surface area contributed by atoms with Crippen molar-refractivity contribution in [3.05, 3.63) is 29.6 Å². The number of carboxylic acids is 1.